The summed E-state index contributed by atoms with van der Waals surface area (Å²) >= 11 is 0. The highest BCUT2D eigenvalue weighted by atomic mass is 16.6. The van der Waals surface area contributed by atoms with E-state index in [1.807, 2.05) is 32.7 Å². The van der Waals surface area contributed by atoms with E-state index < -0.39 is 11.2 Å². The van der Waals surface area contributed by atoms with Crippen molar-refractivity contribution in [2.24, 2.45) is 41.2 Å². The molecule has 5 N–H and O–H groups in total. The van der Waals surface area contributed by atoms with Crippen LogP contribution in [0.4, 0.5) is 0 Å². The lowest BCUT2D eigenvalue weighted by Gasteiger charge is -2.48. The SMILES string of the molecule is CC=C(C)C(=O)OC(C)(C)[C@@]1(CC2CC(N)NCC2CC(=O)N2CC(CNC)C2)CC2CC3CC(CCCO)C(=O)OC3CC2O1. The number of rotatable bonds is 12. The Bertz CT molecular complexity index is 1140. The van der Waals surface area contributed by atoms with Crippen molar-refractivity contribution < 1.29 is 33.7 Å². The molecule has 1 aliphatic carbocycles. The highest BCUT2D eigenvalue weighted by Crippen LogP contribution is 2.55. The molecule has 0 aromatic carbocycles. The molecule has 5 fully saturated rings. The Labute approximate surface area is 274 Å². The minimum Gasteiger partial charge on any atom is -0.462 e. The Kier molecular flexibility index (Phi) is 11.2. The summed E-state index contributed by atoms with van der Waals surface area (Å²) in [6.07, 6.45) is 7.29. The van der Waals surface area contributed by atoms with Crippen LogP contribution in [0.3, 0.4) is 0 Å². The number of esters is 2. The van der Waals surface area contributed by atoms with Crippen LogP contribution in [-0.2, 0) is 28.6 Å². The van der Waals surface area contributed by atoms with E-state index in [4.69, 9.17) is 19.9 Å². The van der Waals surface area contributed by atoms with Crippen LogP contribution in [0.1, 0.15) is 85.5 Å². The van der Waals surface area contributed by atoms with Crippen LogP contribution in [0.15, 0.2) is 11.6 Å². The minimum absolute atomic E-state index is 0.0707. The van der Waals surface area contributed by atoms with E-state index in [1.54, 1.807) is 13.0 Å². The van der Waals surface area contributed by atoms with Gasteiger partial charge in [0.1, 0.15) is 17.3 Å². The third-order valence-electron chi connectivity index (χ3n) is 11.9. The number of likely N-dealkylation sites (tertiary alicyclic amines) is 1. The lowest BCUT2D eigenvalue weighted by Crippen LogP contribution is -2.58. The van der Waals surface area contributed by atoms with E-state index >= 15 is 0 Å². The summed E-state index contributed by atoms with van der Waals surface area (Å²) in [5, 5.41) is 15.9. The smallest absolute Gasteiger partial charge is 0.334 e. The number of ether oxygens (including phenoxy) is 3. The number of aliphatic hydroxyl groups is 1. The average Bonchev–Trinajstić information content (AvgIpc) is 3.35. The number of piperidine rings is 1. The first kappa shape index (κ1) is 35.3. The van der Waals surface area contributed by atoms with Crippen molar-refractivity contribution in [2.75, 3.05) is 39.8 Å². The summed E-state index contributed by atoms with van der Waals surface area (Å²) in [5.74, 6) is 0.656. The standard InChI is InChI=1S/C35H58N4O7/c1-6-21(2)32(42)46-34(3,4)35(15-25-12-30(36)38-18-27(25)13-31(41)39-19-22(20-39)17-37-5)16-26-11-24-10-23(8-7-9-40)33(43)44-28(24)14-29(26)45-35/h6,22-30,37-38,40H,7-20,36H2,1-5H3/t23?,24?,25?,26?,27?,28?,29?,30?,35-/m1/s1. The second kappa shape index (κ2) is 14.6. The van der Waals surface area contributed by atoms with Gasteiger partial charge >= 0.3 is 11.9 Å². The Morgan fingerprint density at radius 1 is 1.17 bits per heavy atom. The normalized spacial score (nSPS) is 36.8. The van der Waals surface area contributed by atoms with Crippen molar-refractivity contribution in [1.82, 2.24) is 15.5 Å². The molecule has 1 amide bonds. The van der Waals surface area contributed by atoms with Gasteiger partial charge in [0.05, 0.1) is 18.2 Å². The maximum atomic E-state index is 13.4. The molecule has 0 radical (unpaired) electrons. The number of carbonyl (C=O) groups excluding carboxylic acids is 3. The first-order chi connectivity index (χ1) is 21.9. The summed E-state index contributed by atoms with van der Waals surface area (Å²) in [6.45, 7) is 10.7. The molecule has 5 aliphatic rings. The van der Waals surface area contributed by atoms with Crippen molar-refractivity contribution in [3.05, 3.63) is 11.6 Å². The molecule has 4 heterocycles. The van der Waals surface area contributed by atoms with Crippen molar-refractivity contribution in [1.29, 1.82) is 0 Å². The first-order valence-corrected chi connectivity index (χ1v) is 17.6. The van der Waals surface area contributed by atoms with Gasteiger partial charge < -0.3 is 40.6 Å². The molecule has 0 bridgehead atoms. The van der Waals surface area contributed by atoms with Gasteiger partial charge in [-0.1, -0.05) is 6.08 Å². The van der Waals surface area contributed by atoms with Gasteiger partial charge in [-0.25, -0.2) is 4.79 Å². The van der Waals surface area contributed by atoms with Crippen LogP contribution in [0.2, 0.25) is 0 Å². The summed E-state index contributed by atoms with van der Waals surface area (Å²) in [7, 11) is 1.94. The molecule has 11 heteroatoms. The molecule has 8 unspecified atom stereocenters. The lowest BCUT2D eigenvalue weighted by molar-refractivity contribution is -0.208. The maximum absolute atomic E-state index is 13.4. The van der Waals surface area contributed by atoms with Crippen LogP contribution in [-0.4, -0.2) is 97.3 Å². The van der Waals surface area contributed by atoms with Gasteiger partial charge in [0.15, 0.2) is 0 Å². The molecule has 11 nitrogen and oxygen atoms in total. The van der Waals surface area contributed by atoms with E-state index in [9.17, 15) is 19.5 Å². The predicted octanol–water partition coefficient (Wildman–Crippen LogP) is 2.50. The Balaban J connectivity index is 1.36. The van der Waals surface area contributed by atoms with Crippen LogP contribution in [0.5, 0.6) is 0 Å². The third-order valence-corrected chi connectivity index (χ3v) is 11.9. The third kappa shape index (κ3) is 7.48. The molecule has 0 spiro atoms. The van der Waals surface area contributed by atoms with Crippen LogP contribution < -0.4 is 16.4 Å². The van der Waals surface area contributed by atoms with Gasteiger partial charge in [0.25, 0.3) is 0 Å². The van der Waals surface area contributed by atoms with Gasteiger partial charge in [-0.3, -0.25) is 9.59 Å². The van der Waals surface area contributed by atoms with Gasteiger partial charge in [0.2, 0.25) is 5.91 Å². The summed E-state index contributed by atoms with van der Waals surface area (Å²) in [5.41, 5.74) is 5.27. The number of nitrogens with two attached hydrogens (primary N) is 1. The number of fused-ring (bicyclic) bond motifs is 2. The van der Waals surface area contributed by atoms with E-state index in [-0.39, 0.29) is 72.4 Å². The summed E-state index contributed by atoms with van der Waals surface area (Å²) in [6, 6.07) is 0. The predicted molar refractivity (Wildman–Crippen MR) is 173 cm³/mol. The molecule has 4 aliphatic heterocycles. The van der Waals surface area contributed by atoms with Gasteiger partial charge in [-0.2, -0.15) is 0 Å². The molecule has 260 valence electrons. The number of nitrogens with zero attached hydrogens (tertiary/aromatic N) is 1. The van der Waals surface area contributed by atoms with Crippen molar-refractivity contribution in [3.8, 4) is 0 Å². The van der Waals surface area contributed by atoms with E-state index in [1.165, 1.54) is 0 Å². The van der Waals surface area contributed by atoms with Crippen molar-refractivity contribution in [3.63, 3.8) is 0 Å². The average molecular weight is 647 g/mol. The van der Waals surface area contributed by atoms with E-state index in [0.717, 1.165) is 38.9 Å². The topological polar surface area (TPSA) is 152 Å². The van der Waals surface area contributed by atoms with Gasteiger partial charge in [-0.05, 0) is 103 Å². The number of amides is 1. The number of allylic oxidation sites excluding steroid dienone is 1. The molecule has 46 heavy (non-hydrogen) atoms. The molecule has 0 aromatic heterocycles. The highest BCUT2D eigenvalue weighted by molar-refractivity contribution is 5.88. The molecular weight excluding hydrogens is 588 g/mol. The van der Waals surface area contributed by atoms with Gasteiger partial charge in [-0.15, -0.1) is 0 Å². The van der Waals surface area contributed by atoms with Crippen molar-refractivity contribution >= 4 is 17.8 Å². The summed E-state index contributed by atoms with van der Waals surface area (Å²) in [4.78, 5) is 41.4. The molecule has 4 saturated heterocycles. The zero-order valence-corrected chi connectivity index (χ0v) is 28.6. The monoisotopic (exact) mass is 646 g/mol. The fourth-order valence-corrected chi connectivity index (χ4v) is 8.92. The molecule has 0 aromatic rings. The number of hydrogen-bond acceptors (Lipinski definition) is 10. The van der Waals surface area contributed by atoms with Crippen LogP contribution in [0.25, 0.3) is 0 Å². The lowest BCUT2D eigenvalue weighted by atomic mass is 9.66. The number of nitrogens with one attached hydrogen (secondary N) is 2. The van der Waals surface area contributed by atoms with Gasteiger partial charge in [0, 0.05) is 57.1 Å². The first-order valence-electron chi connectivity index (χ1n) is 17.6. The number of aliphatic hydroxyl groups excluding tert-OH is 1. The Hall–Kier alpha value is -2.05. The molecule has 1 saturated carbocycles. The van der Waals surface area contributed by atoms with E-state index in [2.05, 4.69) is 10.6 Å². The second-order valence-corrected chi connectivity index (χ2v) is 15.4. The number of carbonyl (C=O) groups is 3. The fraction of sp³-hybridized carbons (Fsp3) is 0.857. The second-order valence-electron chi connectivity index (χ2n) is 15.4. The largest absolute Gasteiger partial charge is 0.462 e. The molecule has 9 atom stereocenters. The number of hydrogen-bond donors (Lipinski definition) is 4. The highest BCUT2D eigenvalue weighted by Gasteiger charge is 2.61. The molecule has 5 rings (SSSR count). The quantitative estimate of drug-likeness (QED) is 0.184. The van der Waals surface area contributed by atoms with Crippen LogP contribution >= 0.6 is 0 Å². The molecular formula is C35H58N4O7. The Morgan fingerprint density at radius 2 is 1.93 bits per heavy atom. The van der Waals surface area contributed by atoms with Crippen LogP contribution in [0, 0.1) is 35.5 Å². The minimum atomic E-state index is -0.960. The maximum Gasteiger partial charge on any atom is 0.334 e. The fourth-order valence-electron chi connectivity index (χ4n) is 8.92. The zero-order valence-electron chi connectivity index (χ0n) is 28.6. The summed E-state index contributed by atoms with van der Waals surface area (Å²) < 4.78 is 19.4. The van der Waals surface area contributed by atoms with E-state index in [0.29, 0.717) is 56.6 Å². The van der Waals surface area contributed by atoms with Crippen molar-refractivity contribution in [2.45, 2.75) is 115 Å². The zero-order chi connectivity index (χ0) is 33.2. The Morgan fingerprint density at radius 3 is 2.63 bits per heavy atom.